The molecule has 0 amide bonds. The van der Waals surface area contributed by atoms with E-state index in [-0.39, 0.29) is 12.9 Å². The summed E-state index contributed by atoms with van der Waals surface area (Å²) >= 11 is 0. The molecule has 5 heteroatoms. The molecule has 1 unspecified atom stereocenters. The molecule has 1 saturated heterocycles. The normalized spacial score (nSPS) is 21.9. The molecule has 0 radical (unpaired) electrons. The summed E-state index contributed by atoms with van der Waals surface area (Å²) in [7, 11) is 0. The molecule has 1 fully saturated rings. The van der Waals surface area contributed by atoms with E-state index in [1.165, 1.54) is 0 Å². The van der Waals surface area contributed by atoms with E-state index in [0.29, 0.717) is 13.0 Å². The fourth-order valence-electron chi connectivity index (χ4n) is 1.28. The van der Waals surface area contributed by atoms with Crippen molar-refractivity contribution >= 4 is 6.16 Å². The molecule has 1 N–H and O–H groups in total. The Morgan fingerprint density at radius 3 is 2.93 bits per heavy atom. The predicted molar refractivity (Wildman–Crippen MR) is 48.1 cm³/mol. The topological polar surface area (TPSA) is 65.0 Å². The van der Waals surface area contributed by atoms with Gasteiger partial charge in [0.1, 0.15) is 0 Å². The summed E-state index contributed by atoms with van der Waals surface area (Å²) in [5.74, 6) is 0. The molecule has 0 aliphatic carbocycles. The molecule has 0 spiro atoms. The van der Waals surface area contributed by atoms with Crippen LogP contribution in [-0.2, 0) is 14.2 Å². The van der Waals surface area contributed by atoms with Crippen LogP contribution in [0.15, 0.2) is 0 Å². The van der Waals surface area contributed by atoms with Gasteiger partial charge in [-0.3, -0.25) is 0 Å². The van der Waals surface area contributed by atoms with E-state index in [0.717, 1.165) is 25.9 Å². The lowest BCUT2D eigenvalue weighted by Crippen LogP contribution is -2.23. The molecule has 0 bridgehead atoms. The fraction of sp³-hybridized carbons (Fsp3) is 0.889. The smallest absolute Gasteiger partial charge is 0.450 e. The Labute approximate surface area is 82.9 Å². The second-order valence-electron chi connectivity index (χ2n) is 3.13. The fourth-order valence-corrected chi connectivity index (χ4v) is 1.28. The first-order valence-corrected chi connectivity index (χ1v) is 4.88. The van der Waals surface area contributed by atoms with Crippen molar-refractivity contribution in [2.75, 3.05) is 19.8 Å². The number of rotatable bonds is 5. The minimum atomic E-state index is -1.24. The van der Waals surface area contributed by atoms with Gasteiger partial charge in [0.15, 0.2) is 6.29 Å². The molecule has 1 rings (SSSR count). The molecule has 1 atom stereocenters. The van der Waals surface area contributed by atoms with E-state index in [1.54, 1.807) is 0 Å². The summed E-state index contributed by atoms with van der Waals surface area (Å²) in [6.07, 6.45) is 2.40. The van der Waals surface area contributed by atoms with Gasteiger partial charge >= 0.3 is 6.16 Å². The largest absolute Gasteiger partial charge is 0.505 e. The molecular formula is C9H16O5. The molecule has 5 nitrogen and oxygen atoms in total. The zero-order valence-corrected chi connectivity index (χ0v) is 8.11. The van der Waals surface area contributed by atoms with Crippen LogP contribution in [0.3, 0.4) is 0 Å². The average molecular weight is 204 g/mol. The molecule has 0 aromatic heterocycles. The number of carbonyl (C=O) groups is 1. The number of hydrogen-bond acceptors (Lipinski definition) is 4. The van der Waals surface area contributed by atoms with Crippen LogP contribution >= 0.6 is 0 Å². The third-order valence-corrected chi connectivity index (χ3v) is 1.96. The van der Waals surface area contributed by atoms with E-state index in [4.69, 9.17) is 14.6 Å². The first-order chi connectivity index (χ1) is 6.79. The van der Waals surface area contributed by atoms with Crippen LogP contribution in [0, 0.1) is 0 Å². The lowest BCUT2D eigenvalue weighted by Gasteiger charge is -2.22. The van der Waals surface area contributed by atoms with E-state index < -0.39 is 6.16 Å². The van der Waals surface area contributed by atoms with Gasteiger partial charge in [0.25, 0.3) is 0 Å². The standard InChI is InChI=1S/C9H16O5/c10-9(11)14-7-3-6-13-8-4-1-2-5-12-8/h8H,1-7H2,(H,10,11). The van der Waals surface area contributed by atoms with Crippen molar-refractivity contribution in [2.24, 2.45) is 0 Å². The Morgan fingerprint density at radius 1 is 1.43 bits per heavy atom. The molecule has 0 aromatic carbocycles. The average Bonchev–Trinajstić information content (AvgIpc) is 2.18. The molecule has 0 saturated carbocycles. The SMILES string of the molecule is O=C(O)OCCCOC1CCCCO1. The lowest BCUT2D eigenvalue weighted by atomic mass is 10.2. The monoisotopic (exact) mass is 204 g/mol. The van der Waals surface area contributed by atoms with Crippen molar-refractivity contribution in [3.05, 3.63) is 0 Å². The maximum absolute atomic E-state index is 9.98. The van der Waals surface area contributed by atoms with Gasteiger partial charge in [-0.05, 0) is 19.3 Å². The highest BCUT2D eigenvalue weighted by Crippen LogP contribution is 2.13. The van der Waals surface area contributed by atoms with Crippen LogP contribution in [0.25, 0.3) is 0 Å². The minimum absolute atomic E-state index is 0.103. The van der Waals surface area contributed by atoms with Crippen molar-refractivity contribution < 1.29 is 24.1 Å². The first kappa shape index (κ1) is 11.3. The van der Waals surface area contributed by atoms with E-state index in [1.807, 2.05) is 0 Å². The van der Waals surface area contributed by atoms with E-state index in [2.05, 4.69) is 4.74 Å². The van der Waals surface area contributed by atoms with Crippen LogP contribution in [0.1, 0.15) is 25.7 Å². The molecule has 14 heavy (non-hydrogen) atoms. The molecular weight excluding hydrogens is 188 g/mol. The highest BCUT2D eigenvalue weighted by Gasteiger charge is 2.13. The highest BCUT2D eigenvalue weighted by molar-refractivity contribution is 5.56. The molecule has 1 aliphatic rings. The van der Waals surface area contributed by atoms with Gasteiger partial charge in [-0.15, -0.1) is 0 Å². The zero-order valence-electron chi connectivity index (χ0n) is 8.11. The zero-order chi connectivity index (χ0) is 10.2. The Balaban J connectivity index is 1.90. The number of carboxylic acid groups (broad SMARTS) is 1. The number of hydrogen-bond donors (Lipinski definition) is 1. The predicted octanol–water partition coefficient (Wildman–Crippen LogP) is 1.61. The first-order valence-electron chi connectivity index (χ1n) is 4.88. The summed E-state index contributed by atoms with van der Waals surface area (Å²) in [5.41, 5.74) is 0. The van der Waals surface area contributed by atoms with Crippen molar-refractivity contribution in [3.8, 4) is 0 Å². The summed E-state index contributed by atoms with van der Waals surface area (Å²) in [6, 6.07) is 0. The van der Waals surface area contributed by atoms with Crippen LogP contribution < -0.4 is 0 Å². The maximum Gasteiger partial charge on any atom is 0.505 e. The Kier molecular flexibility index (Phi) is 5.32. The summed E-state index contributed by atoms with van der Waals surface area (Å²) in [6.45, 7) is 1.43. The second-order valence-corrected chi connectivity index (χ2v) is 3.13. The van der Waals surface area contributed by atoms with Crippen LogP contribution in [-0.4, -0.2) is 37.4 Å². The molecule has 1 aliphatic heterocycles. The lowest BCUT2D eigenvalue weighted by molar-refractivity contribution is -0.163. The Hall–Kier alpha value is -0.810. The Morgan fingerprint density at radius 2 is 2.29 bits per heavy atom. The third kappa shape index (κ3) is 5.04. The van der Waals surface area contributed by atoms with E-state index >= 15 is 0 Å². The van der Waals surface area contributed by atoms with Gasteiger partial charge < -0.3 is 19.3 Å². The maximum atomic E-state index is 9.98. The quantitative estimate of drug-likeness (QED) is 0.544. The summed E-state index contributed by atoms with van der Waals surface area (Å²) < 4.78 is 15.0. The summed E-state index contributed by atoms with van der Waals surface area (Å²) in [4.78, 5) is 9.98. The van der Waals surface area contributed by atoms with Crippen molar-refractivity contribution in [3.63, 3.8) is 0 Å². The Bertz CT molecular complexity index is 165. The summed E-state index contributed by atoms with van der Waals surface area (Å²) in [5, 5.41) is 8.17. The van der Waals surface area contributed by atoms with Crippen molar-refractivity contribution in [1.82, 2.24) is 0 Å². The van der Waals surface area contributed by atoms with Gasteiger partial charge in [0.2, 0.25) is 0 Å². The number of ether oxygens (including phenoxy) is 3. The molecule has 0 aromatic rings. The highest BCUT2D eigenvalue weighted by atomic mass is 16.7. The van der Waals surface area contributed by atoms with Crippen molar-refractivity contribution in [2.45, 2.75) is 32.0 Å². The van der Waals surface area contributed by atoms with Crippen LogP contribution in [0.5, 0.6) is 0 Å². The van der Waals surface area contributed by atoms with Gasteiger partial charge in [-0.1, -0.05) is 0 Å². The molecule has 82 valence electrons. The van der Waals surface area contributed by atoms with Crippen LogP contribution in [0.2, 0.25) is 0 Å². The van der Waals surface area contributed by atoms with Crippen LogP contribution in [0.4, 0.5) is 4.79 Å². The minimum Gasteiger partial charge on any atom is -0.450 e. The van der Waals surface area contributed by atoms with Gasteiger partial charge in [-0.25, -0.2) is 4.79 Å². The molecule has 1 heterocycles. The van der Waals surface area contributed by atoms with Gasteiger partial charge in [-0.2, -0.15) is 0 Å². The van der Waals surface area contributed by atoms with Crippen molar-refractivity contribution in [1.29, 1.82) is 0 Å². The van der Waals surface area contributed by atoms with Gasteiger partial charge in [0.05, 0.1) is 13.2 Å². The van der Waals surface area contributed by atoms with Gasteiger partial charge in [0, 0.05) is 13.0 Å². The third-order valence-electron chi connectivity index (χ3n) is 1.96. The second kappa shape index (κ2) is 6.62. The van der Waals surface area contributed by atoms with E-state index in [9.17, 15) is 4.79 Å².